The molecule has 9 heteroatoms. The van der Waals surface area contributed by atoms with Crippen LogP contribution in [-0.2, 0) is 4.74 Å². The number of anilines is 3. The second-order valence-corrected chi connectivity index (χ2v) is 6.77. The van der Waals surface area contributed by atoms with Crippen LogP contribution in [0.15, 0.2) is 12.3 Å². The number of morpholine rings is 1. The maximum absolute atomic E-state index is 5.39. The van der Waals surface area contributed by atoms with Gasteiger partial charge in [0.05, 0.1) is 13.2 Å². The van der Waals surface area contributed by atoms with Crippen molar-refractivity contribution in [2.24, 2.45) is 0 Å². The van der Waals surface area contributed by atoms with Crippen molar-refractivity contribution < 1.29 is 4.74 Å². The summed E-state index contributed by atoms with van der Waals surface area (Å²) in [5.74, 6) is 2.50. The van der Waals surface area contributed by atoms with Crippen LogP contribution < -0.4 is 15.1 Å². The summed E-state index contributed by atoms with van der Waals surface area (Å²) in [5, 5.41) is 4.54. The van der Waals surface area contributed by atoms with E-state index >= 15 is 0 Å². The number of nitrogens with zero attached hydrogens (tertiary/aromatic N) is 6. The van der Waals surface area contributed by atoms with Gasteiger partial charge < -0.3 is 19.9 Å². The van der Waals surface area contributed by atoms with E-state index in [9.17, 15) is 0 Å². The van der Waals surface area contributed by atoms with Crippen molar-refractivity contribution in [2.75, 3.05) is 54.5 Å². The molecule has 2 aliphatic heterocycles. The first-order valence-corrected chi connectivity index (χ1v) is 9.03. The van der Waals surface area contributed by atoms with Gasteiger partial charge in [0.2, 0.25) is 11.1 Å². The van der Waals surface area contributed by atoms with Gasteiger partial charge in [-0.3, -0.25) is 0 Å². The van der Waals surface area contributed by atoms with Crippen LogP contribution in [0.1, 0.15) is 12.2 Å². The molecule has 2 aromatic heterocycles. The van der Waals surface area contributed by atoms with Crippen molar-refractivity contribution in [1.29, 1.82) is 0 Å². The number of nitrogens with one attached hydrogen (secondary N) is 1. The highest BCUT2D eigenvalue weighted by molar-refractivity contribution is 7.09. The van der Waals surface area contributed by atoms with Crippen LogP contribution in [0, 0.1) is 6.92 Å². The fourth-order valence-electron chi connectivity index (χ4n) is 3.02. The standard InChI is InChI=1S/C15H21N7OS/c1-11-17-15(24-20-11)22-5-3-12(10-22)18-13-2-4-16-14(19-13)21-6-8-23-9-7-21/h2,4,12H,3,5-10H2,1H3,(H,16,18,19). The number of aryl methyl sites for hydroxylation is 1. The highest BCUT2D eigenvalue weighted by Gasteiger charge is 2.25. The van der Waals surface area contributed by atoms with Gasteiger partial charge in [0.1, 0.15) is 11.6 Å². The first kappa shape index (κ1) is 15.5. The molecule has 0 bridgehead atoms. The molecule has 0 spiro atoms. The second-order valence-electron chi connectivity index (χ2n) is 6.04. The maximum Gasteiger partial charge on any atom is 0.227 e. The topological polar surface area (TPSA) is 79.3 Å². The molecule has 0 aliphatic carbocycles. The minimum atomic E-state index is 0.363. The molecule has 2 aliphatic rings. The quantitative estimate of drug-likeness (QED) is 0.883. The van der Waals surface area contributed by atoms with Gasteiger partial charge in [0.25, 0.3) is 0 Å². The molecule has 2 fully saturated rings. The first-order valence-electron chi connectivity index (χ1n) is 8.25. The van der Waals surface area contributed by atoms with Crippen LogP contribution in [0.25, 0.3) is 0 Å². The van der Waals surface area contributed by atoms with Crippen LogP contribution in [0.5, 0.6) is 0 Å². The summed E-state index contributed by atoms with van der Waals surface area (Å²) >= 11 is 1.47. The second kappa shape index (κ2) is 6.86. The van der Waals surface area contributed by atoms with Gasteiger partial charge in [-0.05, 0) is 19.4 Å². The van der Waals surface area contributed by atoms with E-state index in [-0.39, 0.29) is 0 Å². The summed E-state index contributed by atoms with van der Waals surface area (Å²) in [7, 11) is 0. The summed E-state index contributed by atoms with van der Waals surface area (Å²) in [6, 6.07) is 2.29. The van der Waals surface area contributed by atoms with Crippen molar-refractivity contribution in [3.63, 3.8) is 0 Å². The molecular weight excluding hydrogens is 326 g/mol. The molecular formula is C15H21N7OS. The highest BCUT2D eigenvalue weighted by atomic mass is 32.1. The molecule has 0 radical (unpaired) electrons. The van der Waals surface area contributed by atoms with Crippen molar-refractivity contribution in [3.8, 4) is 0 Å². The normalized spacial score (nSPS) is 21.3. The van der Waals surface area contributed by atoms with Crippen molar-refractivity contribution in [3.05, 3.63) is 18.1 Å². The number of hydrogen-bond acceptors (Lipinski definition) is 9. The largest absolute Gasteiger partial charge is 0.378 e. The molecule has 1 unspecified atom stereocenters. The first-order chi connectivity index (χ1) is 11.8. The molecule has 4 rings (SSSR count). The van der Waals surface area contributed by atoms with Crippen molar-refractivity contribution >= 4 is 28.4 Å². The van der Waals surface area contributed by atoms with E-state index in [1.807, 2.05) is 19.2 Å². The van der Waals surface area contributed by atoms with E-state index in [4.69, 9.17) is 4.74 Å². The Hall–Kier alpha value is -2.00. The monoisotopic (exact) mass is 347 g/mol. The summed E-state index contributed by atoms with van der Waals surface area (Å²) in [5.41, 5.74) is 0. The molecule has 4 heterocycles. The van der Waals surface area contributed by atoms with E-state index in [0.717, 1.165) is 68.5 Å². The summed E-state index contributed by atoms with van der Waals surface area (Å²) < 4.78 is 9.65. The van der Waals surface area contributed by atoms with E-state index in [1.54, 1.807) is 0 Å². The lowest BCUT2D eigenvalue weighted by Gasteiger charge is -2.27. The minimum absolute atomic E-state index is 0.363. The van der Waals surface area contributed by atoms with E-state index < -0.39 is 0 Å². The molecule has 8 nitrogen and oxygen atoms in total. The van der Waals surface area contributed by atoms with Gasteiger partial charge in [0, 0.05) is 50.0 Å². The lowest BCUT2D eigenvalue weighted by Crippen LogP contribution is -2.37. The molecule has 0 amide bonds. The Bertz CT molecular complexity index is 688. The third-order valence-electron chi connectivity index (χ3n) is 4.26. The van der Waals surface area contributed by atoms with Gasteiger partial charge in [-0.25, -0.2) is 9.97 Å². The lowest BCUT2D eigenvalue weighted by atomic mass is 10.2. The Balaban J connectivity index is 1.39. The Morgan fingerprint density at radius 1 is 1.21 bits per heavy atom. The zero-order valence-corrected chi connectivity index (χ0v) is 14.5. The molecule has 0 saturated carbocycles. The fourth-order valence-corrected chi connectivity index (χ4v) is 3.73. The fraction of sp³-hybridized carbons (Fsp3) is 0.600. The molecule has 1 N–H and O–H groups in total. The zero-order chi connectivity index (χ0) is 16.4. The molecule has 128 valence electrons. The molecule has 2 aromatic rings. The van der Waals surface area contributed by atoms with Gasteiger partial charge in [0.15, 0.2) is 0 Å². The average Bonchev–Trinajstić information content (AvgIpc) is 3.25. The number of aromatic nitrogens is 4. The third-order valence-corrected chi connectivity index (χ3v) is 5.13. The van der Waals surface area contributed by atoms with E-state index in [2.05, 4.69) is 34.4 Å². The smallest absolute Gasteiger partial charge is 0.227 e. The van der Waals surface area contributed by atoms with Crippen LogP contribution >= 0.6 is 11.5 Å². The maximum atomic E-state index is 5.39. The summed E-state index contributed by atoms with van der Waals surface area (Å²) in [6.07, 6.45) is 2.89. The Kier molecular flexibility index (Phi) is 4.44. The lowest BCUT2D eigenvalue weighted by molar-refractivity contribution is 0.122. The highest BCUT2D eigenvalue weighted by Crippen LogP contribution is 2.24. The van der Waals surface area contributed by atoms with E-state index in [0.29, 0.717) is 6.04 Å². The molecule has 2 saturated heterocycles. The van der Waals surface area contributed by atoms with Gasteiger partial charge in [-0.15, -0.1) is 0 Å². The Labute approximate surface area is 145 Å². The van der Waals surface area contributed by atoms with Crippen LogP contribution in [0.3, 0.4) is 0 Å². The van der Waals surface area contributed by atoms with Gasteiger partial charge >= 0.3 is 0 Å². The average molecular weight is 347 g/mol. The SMILES string of the molecule is Cc1nsc(N2CCC(Nc3ccnc(N4CCOCC4)n3)C2)n1. The van der Waals surface area contributed by atoms with Crippen LogP contribution in [0.4, 0.5) is 16.9 Å². The third kappa shape index (κ3) is 3.41. The summed E-state index contributed by atoms with van der Waals surface area (Å²) in [4.78, 5) is 18.0. The van der Waals surface area contributed by atoms with Gasteiger partial charge in [-0.1, -0.05) is 0 Å². The van der Waals surface area contributed by atoms with Gasteiger partial charge in [-0.2, -0.15) is 9.36 Å². The van der Waals surface area contributed by atoms with Crippen molar-refractivity contribution in [1.82, 2.24) is 19.3 Å². The Morgan fingerprint density at radius 3 is 2.88 bits per heavy atom. The van der Waals surface area contributed by atoms with Crippen LogP contribution in [-0.4, -0.2) is 64.8 Å². The summed E-state index contributed by atoms with van der Waals surface area (Å²) in [6.45, 7) is 7.01. The minimum Gasteiger partial charge on any atom is -0.378 e. The molecule has 0 aromatic carbocycles. The molecule has 24 heavy (non-hydrogen) atoms. The van der Waals surface area contributed by atoms with E-state index in [1.165, 1.54) is 11.5 Å². The zero-order valence-electron chi connectivity index (χ0n) is 13.7. The number of hydrogen-bond donors (Lipinski definition) is 1. The number of rotatable bonds is 4. The predicted octanol–water partition coefficient (Wildman–Crippen LogP) is 1.16. The van der Waals surface area contributed by atoms with Crippen LogP contribution in [0.2, 0.25) is 0 Å². The number of ether oxygens (including phenoxy) is 1. The van der Waals surface area contributed by atoms with Crippen molar-refractivity contribution in [2.45, 2.75) is 19.4 Å². The Morgan fingerprint density at radius 2 is 2.08 bits per heavy atom. The predicted molar refractivity (Wildman–Crippen MR) is 94.0 cm³/mol. The molecule has 1 atom stereocenters.